The molecule has 0 bridgehead atoms. The lowest BCUT2D eigenvalue weighted by Gasteiger charge is -1.99. The van der Waals surface area contributed by atoms with Gasteiger partial charge in [-0.3, -0.25) is 15.4 Å². The smallest absolute Gasteiger partial charge is 0.287 e. The third-order valence-electron chi connectivity index (χ3n) is 1.46. The first kappa shape index (κ1) is 12.0. The molecule has 0 fully saturated rings. The zero-order chi connectivity index (χ0) is 12.1. The van der Waals surface area contributed by atoms with Crippen LogP contribution in [0.1, 0.15) is 0 Å². The number of rotatable bonds is 3. The topological polar surface area (TPSA) is 119 Å². The van der Waals surface area contributed by atoms with Crippen LogP contribution in [0.25, 0.3) is 0 Å². The average Bonchev–Trinajstić information content (AvgIpc) is 2.16. The van der Waals surface area contributed by atoms with E-state index in [-0.39, 0.29) is 11.4 Å². The molecular weight excluding hydrogens is 239 g/mol. The fraction of sp³-hybridized carbons (Fsp3) is 0. The molecule has 1 rings (SSSR count). The number of amides is 1. The highest BCUT2D eigenvalue weighted by atomic mass is 31.1. The third-order valence-corrected chi connectivity index (χ3v) is 1.79. The normalized spacial score (nSPS) is 10.4. The van der Waals surface area contributed by atoms with E-state index in [0.717, 1.165) is 6.07 Å². The molecule has 1 unspecified atom stereocenters. The van der Waals surface area contributed by atoms with Crippen LogP contribution >= 0.6 is 8.25 Å². The number of hydrogen-bond acceptors (Lipinski definition) is 5. The van der Waals surface area contributed by atoms with Crippen LogP contribution < -0.4 is 5.32 Å². The Morgan fingerprint density at radius 3 is 2.81 bits per heavy atom. The van der Waals surface area contributed by atoms with Crippen molar-refractivity contribution in [1.29, 1.82) is 0 Å². The highest BCUT2D eigenvalue weighted by Crippen LogP contribution is 2.19. The average molecular weight is 245 g/mol. The summed E-state index contributed by atoms with van der Waals surface area (Å²) in [5, 5.41) is 12.5. The molecule has 0 saturated carbocycles. The molecule has 9 heteroatoms. The van der Waals surface area contributed by atoms with E-state index in [9.17, 15) is 19.5 Å². The van der Waals surface area contributed by atoms with E-state index in [4.69, 9.17) is 4.89 Å². The number of carbonyl (C=O) groups excluding carboxylic acids is 1. The Bertz CT molecular complexity index is 448. The zero-order valence-electron chi connectivity index (χ0n) is 7.69. The lowest BCUT2D eigenvalue weighted by molar-refractivity contribution is -0.384. The van der Waals surface area contributed by atoms with Crippen LogP contribution in [0.2, 0.25) is 0 Å². The zero-order valence-corrected chi connectivity index (χ0v) is 8.59. The summed E-state index contributed by atoms with van der Waals surface area (Å²) in [4.78, 5) is 28.9. The van der Waals surface area contributed by atoms with E-state index in [1.54, 1.807) is 0 Å². The van der Waals surface area contributed by atoms with Crippen molar-refractivity contribution in [3.8, 4) is 0 Å². The Hall–Kier alpha value is -2.05. The standard InChI is InChI=1S/C7H5N2O6P/c10-7(15-16(13)14)8-5-2-1-3-6(4-5)9(11)12/h1-4H,(H-,8,10,13,14)/p+1. The predicted octanol–water partition coefficient (Wildman–Crippen LogP) is 1.79. The lowest BCUT2D eigenvalue weighted by Crippen LogP contribution is -2.09. The van der Waals surface area contributed by atoms with Gasteiger partial charge in [-0.1, -0.05) is 6.07 Å². The fourth-order valence-electron chi connectivity index (χ4n) is 0.909. The Kier molecular flexibility index (Phi) is 3.87. The minimum Gasteiger partial charge on any atom is -0.287 e. The molecule has 84 valence electrons. The van der Waals surface area contributed by atoms with Crippen molar-refractivity contribution in [1.82, 2.24) is 0 Å². The van der Waals surface area contributed by atoms with Crippen molar-refractivity contribution in [2.24, 2.45) is 0 Å². The number of nitro groups is 1. The second-order valence-corrected chi connectivity index (χ2v) is 3.21. The molecule has 8 nitrogen and oxygen atoms in total. The number of anilines is 1. The number of hydrogen-bond donors (Lipinski definition) is 2. The van der Waals surface area contributed by atoms with Gasteiger partial charge in [0.1, 0.15) is 0 Å². The predicted molar refractivity (Wildman–Crippen MR) is 53.0 cm³/mol. The molecule has 1 atom stereocenters. The van der Waals surface area contributed by atoms with Gasteiger partial charge in [0.05, 0.1) is 10.6 Å². The van der Waals surface area contributed by atoms with Crippen molar-refractivity contribution < 1.29 is 23.7 Å². The number of nitrogens with zero attached hydrogens (tertiary/aromatic N) is 1. The molecule has 1 aromatic carbocycles. The van der Waals surface area contributed by atoms with Crippen molar-refractivity contribution in [3.05, 3.63) is 34.4 Å². The number of nitrogens with one attached hydrogen (secondary N) is 1. The van der Waals surface area contributed by atoms with Crippen molar-refractivity contribution in [2.75, 3.05) is 5.32 Å². The van der Waals surface area contributed by atoms with Gasteiger partial charge in [0, 0.05) is 16.7 Å². The Labute approximate surface area is 89.9 Å². The molecule has 0 aliphatic carbocycles. The largest absolute Gasteiger partial charge is 0.752 e. The molecule has 0 aliphatic rings. The van der Waals surface area contributed by atoms with E-state index in [1.165, 1.54) is 18.2 Å². The molecule has 0 aliphatic heterocycles. The molecular formula is C7H6N2O6P+. The maximum absolute atomic E-state index is 10.9. The Morgan fingerprint density at radius 1 is 1.56 bits per heavy atom. The van der Waals surface area contributed by atoms with Crippen LogP contribution in [0, 0.1) is 10.1 Å². The van der Waals surface area contributed by atoms with E-state index in [2.05, 4.69) is 9.84 Å². The summed E-state index contributed by atoms with van der Waals surface area (Å²) in [6.45, 7) is 0. The molecule has 16 heavy (non-hydrogen) atoms. The first-order chi connectivity index (χ1) is 7.49. The van der Waals surface area contributed by atoms with Crippen LogP contribution in [0.15, 0.2) is 24.3 Å². The van der Waals surface area contributed by atoms with Crippen LogP contribution in [0.4, 0.5) is 16.2 Å². The van der Waals surface area contributed by atoms with Gasteiger partial charge in [0.2, 0.25) is 0 Å². The van der Waals surface area contributed by atoms with Crippen molar-refractivity contribution in [3.63, 3.8) is 0 Å². The minimum atomic E-state index is -3.05. The van der Waals surface area contributed by atoms with Gasteiger partial charge in [0.15, 0.2) is 0 Å². The van der Waals surface area contributed by atoms with E-state index in [1.807, 2.05) is 0 Å². The van der Waals surface area contributed by atoms with Crippen LogP contribution in [-0.2, 0) is 9.09 Å². The maximum Gasteiger partial charge on any atom is 0.752 e. The molecule has 1 amide bonds. The van der Waals surface area contributed by atoms with E-state index >= 15 is 0 Å². The first-order valence-corrected chi connectivity index (χ1v) is 5.01. The first-order valence-electron chi connectivity index (χ1n) is 3.88. The fourth-order valence-corrected chi connectivity index (χ4v) is 1.10. The second kappa shape index (κ2) is 5.15. The second-order valence-electron chi connectivity index (χ2n) is 2.55. The molecule has 0 spiro atoms. The molecule has 1 aromatic rings. The van der Waals surface area contributed by atoms with Gasteiger partial charge in [-0.2, -0.15) is 4.52 Å². The summed E-state index contributed by atoms with van der Waals surface area (Å²) in [5.41, 5.74) is -0.123. The number of benzene rings is 1. The van der Waals surface area contributed by atoms with Gasteiger partial charge in [0.25, 0.3) is 5.69 Å². The lowest BCUT2D eigenvalue weighted by atomic mass is 10.3. The van der Waals surface area contributed by atoms with Crippen LogP contribution in [-0.4, -0.2) is 15.9 Å². The summed E-state index contributed by atoms with van der Waals surface area (Å²) in [6.07, 6.45) is -1.16. The van der Waals surface area contributed by atoms with Crippen LogP contribution in [0.5, 0.6) is 0 Å². The summed E-state index contributed by atoms with van der Waals surface area (Å²) >= 11 is 0. The molecule has 0 heterocycles. The molecule has 2 N–H and O–H groups in total. The molecule has 0 aromatic heterocycles. The van der Waals surface area contributed by atoms with E-state index < -0.39 is 19.3 Å². The summed E-state index contributed by atoms with van der Waals surface area (Å²) < 4.78 is 14.0. The number of non-ortho nitro benzene ring substituents is 1. The summed E-state index contributed by atoms with van der Waals surface area (Å²) in [7, 11) is -3.05. The van der Waals surface area contributed by atoms with Crippen molar-refractivity contribution >= 4 is 25.7 Å². The minimum absolute atomic E-state index is 0.0936. The SMILES string of the molecule is O=C(Nc1cccc([N+](=O)[O-])c1)O[P+](=O)O. The monoisotopic (exact) mass is 245 g/mol. The third kappa shape index (κ3) is 3.60. The highest BCUT2D eigenvalue weighted by molar-refractivity contribution is 7.32. The van der Waals surface area contributed by atoms with Crippen LogP contribution in [0.3, 0.4) is 0 Å². The molecule has 0 saturated heterocycles. The maximum atomic E-state index is 10.9. The Morgan fingerprint density at radius 2 is 2.25 bits per heavy atom. The van der Waals surface area contributed by atoms with Gasteiger partial charge >= 0.3 is 14.3 Å². The number of nitro benzene ring substituents is 1. The van der Waals surface area contributed by atoms with Gasteiger partial charge in [-0.25, -0.2) is 4.79 Å². The van der Waals surface area contributed by atoms with E-state index in [0.29, 0.717) is 0 Å². The van der Waals surface area contributed by atoms with Crippen molar-refractivity contribution in [2.45, 2.75) is 0 Å². The van der Waals surface area contributed by atoms with Gasteiger partial charge < -0.3 is 0 Å². The van der Waals surface area contributed by atoms with Gasteiger partial charge in [-0.15, -0.1) is 4.89 Å². The van der Waals surface area contributed by atoms with Gasteiger partial charge in [-0.05, 0) is 6.07 Å². The molecule has 0 radical (unpaired) electrons. The summed E-state index contributed by atoms with van der Waals surface area (Å²) in [5.74, 6) is 0. The number of carbonyl (C=O) groups is 1. The quantitative estimate of drug-likeness (QED) is 0.476. The highest BCUT2D eigenvalue weighted by Gasteiger charge is 2.20. The Balaban J connectivity index is 2.74. The summed E-state index contributed by atoms with van der Waals surface area (Å²) in [6, 6.07) is 5.06.